The largest absolute Gasteiger partial charge is 0.503 e. The normalized spacial score (nSPS) is 15.3. The predicted octanol–water partition coefficient (Wildman–Crippen LogP) is 6.23. The summed E-state index contributed by atoms with van der Waals surface area (Å²) in [5, 5.41) is 11.0. The first kappa shape index (κ1) is 27.6. The molecule has 0 bridgehead atoms. The van der Waals surface area contributed by atoms with Crippen LogP contribution in [0.2, 0.25) is 0 Å². The van der Waals surface area contributed by atoms with Crippen molar-refractivity contribution in [2.75, 3.05) is 13.2 Å². The molecule has 0 saturated heterocycles. The van der Waals surface area contributed by atoms with Crippen LogP contribution in [0.4, 0.5) is 0 Å². The van der Waals surface area contributed by atoms with Gasteiger partial charge in [0.25, 0.3) is 5.91 Å². The van der Waals surface area contributed by atoms with Gasteiger partial charge in [-0.05, 0) is 54.3 Å². The number of ether oxygens (including phenoxy) is 2. The van der Waals surface area contributed by atoms with Crippen LogP contribution in [0.3, 0.4) is 0 Å². The van der Waals surface area contributed by atoms with Crippen molar-refractivity contribution < 1.29 is 24.2 Å². The second kappa shape index (κ2) is 13.4. The van der Waals surface area contributed by atoms with Crippen LogP contribution in [-0.4, -0.2) is 39.9 Å². The molecule has 0 radical (unpaired) electrons. The molecule has 2 aromatic carbocycles. The van der Waals surface area contributed by atoms with Crippen LogP contribution in [0.15, 0.2) is 90.5 Å². The molecule has 4 rings (SSSR count). The van der Waals surface area contributed by atoms with Gasteiger partial charge in [-0.2, -0.15) is 0 Å². The monoisotopic (exact) mass is 526 g/mol. The Morgan fingerprint density at radius 2 is 1.85 bits per heavy atom. The highest BCUT2D eigenvalue weighted by molar-refractivity contribution is 6.14. The molecule has 1 N–H and O–H groups in total. The highest BCUT2D eigenvalue weighted by Gasteiger charge is 2.43. The molecule has 1 atom stereocenters. The van der Waals surface area contributed by atoms with E-state index in [0.717, 1.165) is 30.4 Å². The highest BCUT2D eigenvalue weighted by Crippen LogP contribution is 2.42. The Kier molecular flexibility index (Phi) is 9.51. The Labute approximate surface area is 229 Å². The van der Waals surface area contributed by atoms with E-state index in [1.807, 2.05) is 49.4 Å². The van der Waals surface area contributed by atoms with E-state index in [4.69, 9.17) is 9.47 Å². The molecule has 7 heteroatoms. The third kappa shape index (κ3) is 6.74. The number of hydrogen-bond donors (Lipinski definition) is 1. The van der Waals surface area contributed by atoms with Crippen molar-refractivity contribution in [3.63, 3.8) is 0 Å². The molecule has 1 aliphatic heterocycles. The van der Waals surface area contributed by atoms with Crippen molar-refractivity contribution in [3.8, 4) is 11.5 Å². The Morgan fingerprint density at radius 3 is 2.56 bits per heavy atom. The second-order valence-electron chi connectivity index (χ2n) is 9.26. The van der Waals surface area contributed by atoms with Crippen molar-refractivity contribution in [2.45, 2.75) is 45.7 Å². The molecule has 0 saturated carbocycles. The van der Waals surface area contributed by atoms with E-state index < -0.39 is 23.5 Å². The summed E-state index contributed by atoms with van der Waals surface area (Å²) >= 11 is 0. The number of carbonyl (C=O) groups excluding carboxylic acids is 2. The molecule has 39 heavy (non-hydrogen) atoms. The molecule has 3 aromatic rings. The number of benzene rings is 2. The number of carbonyl (C=O) groups is 2. The molecule has 0 spiro atoms. The van der Waals surface area contributed by atoms with Gasteiger partial charge in [0.15, 0.2) is 23.0 Å². The molecule has 1 aromatic heterocycles. The molecule has 1 unspecified atom stereocenters. The summed E-state index contributed by atoms with van der Waals surface area (Å²) in [5.41, 5.74) is 2.27. The van der Waals surface area contributed by atoms with Gasteiger partial charge in [0.1, 0.15) is 0 Å². The zero-order chi connectivity index (χ0) is 27.6. The number of ketones is 1. The summed E-state index contributed by atoms with van der Waals surface area (Å²) in [6.45, 7) is 5.18. The lowest BCUT2D eigenvalue weighted by Gasteiger charge is -2.27. The van der Waals surface area contributed by atoms with E-state index in [2.05, 4.69) is 11.9 Å². The van der Waals surface area contributed by atoms with Crippen molar-refractivity contribution in [3.05, 3.63) is 107 Å². The lowest BCUT2D eigenvalue weighted by atomic mass is 9.95. The number of amides is 1. The Hall–Kier alpha value is -4.39. The number of aliphatic hydroxyl groups excluding tert-OH is 1. The molecule has 2 heterocycles. The van der Waals surface area contributed by atoms with E-state index in [1.165, 1.54) is 11.0 Å². The summed E-state index contributed by atoms with van der Waals surface area (Å²) in [7, 11) is 0. The molecule has 0 fully saturated rings. The minimum Gasteiger partial charge on any atom is -0.503 e. The zero-order valence-electron chi connectivity index (χ0n) is 22.4. The third-order valence-electron chi connectivity index (χ3n) is 6.46. The Balaban J connectivity index is 1.71. The van der Waals surface area contributed by atoms with Crippen molar-refractivity contribution in [1.82, 2.24) is 9.88 Å². The highest BCUT2D eigenvalue weighted by atomic mass is 16.5. The maximum Gasteiger partial charge on any atom is 0.290 e. The minimum atomic E-state index is -0.820. The SMILES string of the molecule is CCCCCOc1ccc(C2C(C(=O)/C=C/c3ccccc3)=C(O)C(=O)N2Cc2cccnc2)cc1OCC. The van der Waals surface area contributed by atoms with Gasteiger partial charge < -0.3 is 19.5 Å². The van der Waals surface area contributed by atoms with Crippen molar-refractivity contribution in [1.29, 1.82) is 0 Å². The van der Waals surface area contributed by atoms with Crippen molar-refractivity contribution >= 4 is 17.8 Å². The van der Waals surface area contributed by atoms with E-state index in [0.29, 0.717) is 30.3 Å². The third-order valence-corrected chi connectivity index (χ3v) is 6.46. The fourth-order valence-corrected chi connectivity index (χ4v) is 4.55. The van der Waals surface area contributed by atoms with Gasteiger partial charge in [-0.1, -0.05) is 68.3 Å². The number of pyridine rings is 1. The van der Waals surface area contributed by atoms with E-state index in [-0.39, 0.29) is 12.1 Å². The Morgan fingerprint density at radius 1 is 1.03 bits per heavy atom. The molecule has 1 amide bonds. The fourth-order valence-electron chi connectivity index (χ4n) is 4.55. The quantitative estimate of drug-likeness (QED) is 0.210. The predicted molar refractivity (Wildman–Crippen MR) is 150 cm³/mol. The number of rotatable bonds is 13. The van der Waals surface area contributed by atoms with Gasteiger partial charge in [-0.3, -0.25) is 14.6 Å². The van der Waals surface area contributed by atoms with E-state index in [1.54, 1.807) is 36.7 Å². The van der Waals surface area contributed by atoms with Crippen LogP contribution in [0.1, 0.15) is 55.8 Å². The first-order valence-corrected chi connectivity index (χ1v) is 13.3. The number of hydrogen-bond acceptors (Lipinski definition) is 6. The smallest absolute Gasteiger partial charge is 0.290 e. The van der Waals surface area contributed by atoms with Crippen molar-refractivity contribution in [2.24, 2.45) is 0 Å². The van der Waals surface area contributed by atoms with Crippen LogP contribution < -0.4 is 9.47 Å². The van der Waals surface area contributed by atoms with Crippen LogP contribution >= 0.6 is 0 Å². The molecular weight excluding hydrogens is 492 g/mol. The molecule has 1 aliphatic rings. The lowest BCUT2D eigenvalue weighted by molar-refractivity contribution is -0.130. The maximum atomic E-state index is 13.5. The fraction of sp³-hybridized carbons (Fsp3) is 0.281. The van der Waals surface area contributed by atoms with Crippen LogP contribution in [-0.2, 0) is 16.1 Å². The van der Waals surface area contributed by atoms with E-state index >= 15 is 0 Å². The number of unbranched alkanes of at least 4 members (excludes halogenated alkanes) is 2. The second-order valence-corrected chi connectivity index (χ2v) is 9.26. The van der Waals surface area contributed by atoms with Gasteiger partial charge >= 0.3 is 0 Å². The van der Waals surface area contributed by atoms with Crippen LogP contribution in [0, 0.1) is 0 Å². The zero-order valence-corrected chi connectivity index (χ0v) is 22.4. The lowest BCUT2D eigenvalue weighted by Crippen LogP contribution is -2.30. The summed E-state index contributed by atoms with van der Waals surface area (Å²) in [4.78, 5) is 32.5. The van der Waals surface area contributed by atoms with Crippen LogP contribution in [0.5, 0.6) is 11.5 Å². The number of nitrogens with zero attached hydrogens (tertiary/aromatic N) is 2. The summed E-state index contributed by atoms with van der Waals surface area (Å²) < 4.78 is 11.9. The van der Waals surface area contributed by atoms with Gasteiger partial charge in [-0.25, -0.2) is 0 Å². The minimum absolute atomic E-state index is 0.0233. The number of allylic oxidation sites excluding steroid dienone is 1. The first-order valence-electron chi connectivity index (χ1n) is 13.3. The average Bonchev–Trinajstić information content (AvgIpc) is 3.21. The standard InChI is InChI=1S/C32H34N2O5/c1-3-5-9-19-39-27-17-15-25(20-28(27)38-4-2)30-29(26(35)16-14-23-11-7-6-8-12-23)31(36)32(37)34(30)22-24-13-10-18-33-21-24/h6-8,10-18,20-21,30,36H,3-5,9,19,22H2,1-2H3/b16-14+. The molecule has 0 aliphatic carbocycles. The molecule has 7 nitrogen and oxygen atoms in total. The summed E-state index contributed by atoms with van der Waals surface area (Å²) in [6, 6.07) is 17.6. The number of aromatic nitrogens is 1. The van der Waals surface area contributed by atoms with Crippen LogP contribution in [0.25, 0.3) is 6.08 Å². The average molecular weight is 527 g/mol. The van der Waals surface area contributed by atoms with Gasteiger partial charge in [0, 0.05) is 18.9 Å². The van der Waals surface area contributed by atoms with Gasteiger partial charge in [-0.15, -0.1) is 0 Å². The topological polar surface area (TPSA) is 89.0 Å². The van der Waals surface area contributed by atoms with Gasteiger partial charge in [0.05, 0.1) is 24.8 Å². The number of aliphatic hydroxyl groups is 1. The molecular formula is C32H34N2O5. The summed E-state index contributed by atoms with van der Waals surface area (Å²) in [6.07, 6.45) is 9.48. The van der Waals surface area contributed by atoms with Gasteiger partial charge in [0.2, 0.25) is 0 Å². The maximum absolute atomic E-state index is 13.5. The summed E-state index contributed by atoms with van der Waals surface area (Å²) in [5.74, 6) is -0.480. The molecule has 202 valence electrons. The first-order chi connectivity index (χ1) is 19.0. The van der Waals surface area contributed by atoms with E-state index in [9.17, 15) is 14.7 Å². The Bertz CT molecular complexity index is 1340.